The zero-order chi connectivity index (χ0) is 42.7. The number of fused-ring (bicyclic) bond motifs is 1. The maximum atomic E-state index is 7.47. The Morgan fingerprint density at radius 3 is 1.76 bits per heavy atom. The van der Waals surface area contributed by atoms with Crippen molar-refractivity contribution in [2.24, 2.45) is 0 Å². The molecule has 8 aromatic rings. The van der Waals surface area contributed by atoms with Gasteiger partial charge in [-0.1, -0.05) is 215 Å². The van der Waals surface area contributed by atoms with Gasteiger partial charge in [-0.3, -0.25) is 0 Å². The summed E-state index contributed by atoms with van der Waals surface area (Å²) in [6.07, 6.45) is 5.41. The van der Waals surface area contributed by atoms with Crippen molar-refractivity contribution in [3.63, 3.8) is 0 Å². The van der Waals surface area contributed by atoms with E-state index in [4.69, 9.17) is 33.8 Å². The third-order valence-electron chi connectivity index (χ3n) is 12.3. The summed E-state index contributed by atoms with van der Waals surface area (Å²) in [7, 11) is -2.83. The Morgan fingerprint density at radius 2 is 1.23 bits per heavy atom. The summed E-state index contributed by atoms with van der Waals surface area (Å²) in [5, 5.41) is 8.22. The number of nitrogens with one attached hydrogen (secondary N) is 1. The molecule has 0 bridgehead atoms. The van der Waals surface area contributed by atoms with Crippen LogP contribution in [0.25, 0.3) is 10.8 Å². The zero-order valence-electron chi connectivity index (χ0n) is 35.3. The molecule has 0 amide bonds. The highest BCUT2D eigenvalue weighted by Crippen LogP contribution is 2.42. The van der Waals surface area contributed by atoms with Gasteiger partial charge in [-0.15, -0.1) is 0 Å². The van der Waals surface area contributed by atoms with Crippen molar-refractivity contribution in [2.75, 3.05) is 11.4 Å². The Bertz CT molecular complexity index is 2680. The number of hydrogen-bond acceptors (Lipinski definition) is 4. The number of thiocarbonyl (C=S) groups is 2. The number of rotatable bonds is 12. The SMILES string of the molecule is CC(C)(C)[Si](Oc1ccc2cccc(N3CCC(NC(=S)Cc4cn(C(c5ccccc5)(c5ccccc5)c5ccccc5)cn4)C3=S)c2c1)(c1ccccc1)c1ccccc1. The number of anilines is 1. The third kappa shape index (κ3) is 7.57. The average molecular weight is 863 g/mol. The van der Waals surface area contributed by atoms with Crippen LogP contribution in [0.4, 0.5) is 5.69 Å². The predicted molar refractivity (Wildman–Crippen MR) is 267 cm³/mol. The van der Waals surface area contributed by atoms with Gasteiger partial charge in [0, 0.05) is 30.2 Å². The summed E-state index contributed by atoms with van der Waals surface area (Å²) in [6, 6.07) is 66.4. The normalized spacial score (nSPS) is 14.5. The molecular formula is C54H50N4OS2Si. The van der Waals surface area contributed by atoms with Crippen LogP contribution in [0.5, 0.6) is 5.75 Å². The Morgan fingerprint density at radius 1 is 0.694 bits per heavy atom. The predicted octanol–water partition coefficient (Wildman–Crippen LogP) is 10.9. The highest BCUT2D eigenvalue weighted by atomic mass is 32.1. The Balaban J connectivity index is 0.974. The van der Waals surface area contributed by atoms with Crippen molar-refractivity contribution in [3.8, 4) is 5.75 Å². The maximum Gasteiger partial charge on any atom is 0.319 e. The first kappa shape index (κ1) is 41.2. The van der Waals surface area contributed by atoms with Crippen molar-refractivity contribution < 1.29 is 4.43 Å². The molecule has 0 spiro atoms. The minimum absolute atomic E-state index is 0.0802. The van der Waals surface area contributed by atoms with E-state index >= 15 is 0 Å². The van der Waals surface area contributed by atoms with E-state index in [2.05, 4.69) is 230 Å². The molecule has 0 radical (unpaired) electrons. The summed E-state index contributed by atoms with van der Waals surface area (Å²) >= 11 is 12.3. The molecule has 0 saturated carbocycles. The lowest BCUT2D eigenvalue weighted by atomic mass is 9.77. The van der Waals surface area contributed by atoms with Crippen molar-refractivity contribution in [3.05, 3.63) is 223 Å². The highest BCUT2D eigenvalue weighted by molar-refractivity contribution is 7.81. The van der Waals surface area contributed by atoms with Gasteiger partial charge in [0.15, 0.2) is 0 Å². The molecule has 1 fully saturated rings. The lowest BCUT2D eigenvalue weighted by Gasteiger charge is -2.43. The first-order valence-electron chi connectivity index (χ1n) is 21.3. The second-order valence-electron chi connectivity index (χ2n) is 17.1. The summed E-state index contributed by atoms with van der Waals surface area (Å²) in [5.41, 5.74) is 4.77. The van der Waals surface area contributed by atoms with Crippen LogP contribution >= 0.6 is 24.4 Å². The average Bonchev–Trinajstić information content (AvgIpc) is 3.92. The number of nitrogens with zero attached hydrogens (tertiary/aromatic N) is 3. The van der Waals surface area contributed by atoms with Crippen molar-refractivity contribution in [1.82, 2.24) is 14.9 Å². The van der Waals surface area contributed by atoms with Gasteiger partial charge in [-0.05, 0) is 62.1 Å². The van der Waals surface area contributed by atoms with Crippen LogP contribution in [0.15, 0.2) is 201 Å². The van der Waals surface area contributed by atoms with Gasteiger partial charge in [0.2, 0.25) is 0 Å². The molecule has 1 saturated heterocycles. The topological polar surface area (TPSA) is 42.3 Å². The Kier molecular flexibility index (Phi) is 11.5. The second kappa shape index (κ2) is 17.3. The monoisotopic (exact) mass is 862 g/mol. The fourth-order valence-electron chi connectivity index (χ4n) is 9.45. The molecular weight excluding hydrogens is 813 g/mol. The minimum Gasteiger partial charge on any atom is -0.534 e. The fourth-order valence-corrected chi connectivity index (χ4v) is 14.5. The van der Waals surface area contributed by atoms with Crippen LogP contribution in [0.3, 0.4) is 0 Å². The summed E-state index contributed by atoms with van der Waals surface area (Å²) in [4.78, 5) is 8.78. The quantitative estimate of drug-likeness (QED) is 0.0750. The fraction of sp³-hybridized carbons (Fsp3) is 0.167. The van der Waals surface area contributed by atoms with E-state index in [-0.39, 0.29) is 11.1 Å². The Hall–Kier alpha value is -6.19. The van der Waals surface area contributed by atoms with Crippen molar-refractivity contribution in [1.29, 1.82) is 0 Å². The van der Waals surface area contributed by atoms with Crippen LogP contribution in [0.1, 0.15) is 49.6 Å². The molecule has 1 aliphatic rings. The van der Waals surface area contributed by atoms with E-state index in [1.807, 2.05) is 6.33 Å². The van der Waals surface area contributed by atoms with E-state index < -0.39 is 13.9 Å². The van der Waals surface area contributed by atoms with Crippen LogP contribution < -0.4 is 25.0 Å². The lowest BCUT2D eigenvalue weighted by Crippen LogP contribution is -2.68. The lowest BCUT2D eigenvalue weighted by molar-refractivity contribution is 0.509. The van der Waals surface area contributed by atoms with Gasteiger partial charge >= 0.3 is 8.32 Å². The number of benzene rings is 7. The molecule has 9 rings (SSSR count). The van der Waals surface area contributed by atoms with Crippen molar-refractivity contribution >= 4 is 69.6 Å². The molecule has 62 heavy (non-hydrogen) atoms. The standard InChI is InChI=1S/C54H50N4OS2Si/c1-53(2,3)62(46-27-15-7-16-28-46,47-29-17-8-18-30-47)59-45-33-32-40-20-19-31-50(48(40)37-45)58-35-34-49(52(58)61)56-51(60)36-44-38-57(39-55-44)54(41-21-9-4-10-22-41,42-23-11-5-12-24-42)43-25-13-6-14-26-43/h4-33,37-39,49H,34-36H2,1-3H3,(H,56,60). The van der Waals surface area contributed by atoms with Crippen LogP contribution in [-0.4, -0.2) is 40.4 Å². The minimum atomic E-state index is -2.83. The smallest absolute Gasteiger partial charge is 0.319 e. The molecule has 308 valence electrons. The molecule has 1 aliphatic heterocycles. The zero-order valence-corrected chi connectivity index (χ0v) is 38.0. The molecule has 5 nitrogen and oxygen atoms in total. The van der Waals surface area contributed by atoms with Crippen LogP contribution in [-0.2, 0) is 12.0 Å². The molecule has 1 unspecified atom stereocenters. The van der Waals surface area contributed by atoms with Crippen molar-refractivity contribution in [2.45, 2.75) is 50.2 Å². The van der Waals surface area contributed by atoms with E-state index in [1.54, 1.807) is 0 Å². The molecule has 0 aliphatic carbocycles. The molecule has 1 aromatic heterocycles. The maximum absolute atomic E-state index is 7.47. The second-order valence-corrected chi connectivity index (χ2v) is 22.2. The van der Waals surface area contributed by atoms with Crippen LogP contribution in [0, 0.1) is 0 Å². The summed E-state index contributed by atoms with van der Waals surface area (Å²) in [6.45, 7) is 7.71. The van der Waals surface area contributed by atoms with Gasteiger partial charge in [0.05, 0.1) is 23.1 Å². The molecule has 8 heteroatoms. The van der Waals surface area contributed by atoms with E-state index in [1.165, 1.54) is 10.4 Å². The van der Waals surface area contributed by atoms with Gasteiger partial charge < -0.3 is 19.2 Å². The summed E-state index contributed by atoms with van der Waals surface area (Å²) in [5.74, 6) is 0.857. The van der Waals surface area contributed by atoms with Gasteiger partial charge in [0.1, 0.15) is 16.3 Å². The molecule has 7 aromatic carbocycles. The third-order valence-corrected chi connectivity index (χ3v) is 18.0. The van der Waals surface area contributed by atoms with E-state index in [0.29, 0.717) is 11.4 Å². The van der Waals surface area contributed by atoms with Crippen LogP contribution in [0.2, 0.25) is 5.04 Å². The number of aromatic nitrogens is 2. The molecule has 1 N–H and O–H groups in total. The molecule has 1 atom stereocenters. The van der Waals surface area contributed by atoms with Gasteiger partial charge in [-0.25, -0.2) is 4.98 Å². The molecule has 2 heterocycles. The largest absolute Gasteiger partial charge is 0.534 e. The van der Waals surface area contributed by atoms with E-state index in [9.17, 15) is 0 Å². The Labute approximate surface area is 377 Å². The number of imidazole rings is 1. The van der Waals surface area contributed by atoms with E-state index in [0.717, 1.165) is 62.5 Å². The van der Waals surface area contributed by atoms with Gasteiger partial charge in [0.25, 0.3) is 0 Å². The summed E-state index contributed by atoms with van der Waals surface area (Å²) < 4.78 is 9.71. The number of hydrogen-bond donors (Lipinski definition) is 1. The first-order valence-corrected chi connectivity index (χ1v) is 24.0. The highest BCUT2D eigenvalue weighted by Gasteiger charge is 2.52. The van der Waals surface area contributed by atoms with Gasteiger partial charge in [-0.2, -0.15) is 0 Å². The first-order chi connectivity index (χ1) is 30.2.